The molecule has 0 saturated heterocycles. The third kappa shape index (κ3) is 3.51. The Morgan fingerprint density at radius 2 is 2.16 bits per heavy atom. The summed E-state index contributed by atoms with van der Waals surface area (Å²) >= 11 is 0. The van der Waals surface area contributed by atoms with Crippen LogP contribution in [0.5, 0.6) is 0 Å². The van der Waals surface area contributed by atoms with E-state index in [4.69, 9.17) is 5.73 Å². The molecule has 2 rings (SSSR count). The number of pyridine rings is 1. The van der Waals surface area contributed by atoms with E-state index >= 15 is 0 Å². The monoisotopic (exact) mass is 257 g/mol. The smallest absolute Gasteiger partial charge is 0.219 e. The van der Waals surface area contributed by atoms with Crippen molar-refractivity contribution in [3.8, 4) is 0 Å². The van der Waals surface area contributed by atoms with Gasteiger partial charge in [-0.15, -0.1) is 0 Å². The summed E-state index contributed by atoms with van der Waals surface area (Å²) < 4.78 is 0. The lowest BCUT2D eigenvalue weighted by atomic mass is 9.99. The van der Waals surface area contributed by atoms with Crippen LogP contribution in [0.25, 0.3) is 10.8 Å². The zero-order valence-corrected chi connectivity index (χ0v) is 11.3. The molecule has 3 N–H and O–H groups in total. The van der Waals surface area contributed by atoms with Crippen LogP contribution in [0.4, 0.5) is 0 Å². The first-order chi connectivity index (χ1) is 8.98. The maximum Gasteiger partial charge on any atom is 0.219 e. The van der Waals surface area contributed by atoms with Crippen molar-refractivity contribution in [2.45, 2.75) is 32.4 Å². The Labute approximate surface area is 113 Å². The summed E-state index contributed by atoms with van der Waals surface area (Å²) in [5.41, 5.74) is 6.14. The molecule has 1 aromatic carbocycles. The maximum absolute atomic E-state index is 11.0. The molecule has 0 atom stereocenters. The minimum absolute atomic E-state index is 0.292. The lowest BCUT2D eigenvalue weighted by Crippen LogP contribution is -2.42. The summed E-state index contributed by atoms with van der Waals surface area (Å²) in [6, 6.07) is 8.14. The molecule has 4 heteroatoms. The van der Waals surface area contributed by atoms with Crippen molar-refractivity contribution in [2.24, 2.45) is 5.73 Å². The summed E-state index contributed by atoms with van der Waals surface area (Å²) in [5, 5.41) is 5.68. The van der Waals surface area contributed by atoms with Gasteiger partial charge in [-0.2, -0.15) is 0 Å². The fraction of sp³-hybridized carbons (Fsp3) is 0.333. The van der Waals surface area contributed by atoms with Crippen molar-refractivity contribution in [3.63, 3.8) is 0 Å². The second-order valence-electron chi connectivity index (χ2n) is 5.39. The third-order valence-electron chi connectivity index (χ3n) is 3.14. The lowest BCUT2D eigenvalue weighted by molar-refractivity contribution is -0.119. The Kier molecular flexibility index (Phi) is 3.81. The van der Waals surface area contributed by atoms with Crippen molar-refractivity contribution in [1.82, 2.24) is 10.3 Å². The van der Waals surface area contributed by atoms with Gasteiger partial charge in [0.05, 0.1) is 0 Å². The Hall–Kier alpha value is -1.94. The number of hydrogen-bond acceptors (Lipinski definition) is 3. The highest BCUT2D eigenvalue weighted by Gasteiger charge is 2.19. The summed E-state index contributed by atoms with van der Waals surface area (Å²) in [7, 11) is 0. The molecule has 1 heterocycles. The number of nitrogens with two attached hydrogens (primary N) is 1. The number of rotatable bonds is 5. The molecule has 0 aliphatic rings. The molecular formula is C15H19N3O. The quantitative estimate of drug-likeness (QED) is 0.860. The molecule has 0 saturated carbocycles. The molecule has 0 unspecified atom stereocenters. The van der Waals surface area contributed by atoms with Crippen LogP contribution in [-0.4, -0.2) is 16.4 Å². The summed E-state index contributed by atoms with van der Waals surface area (Å²) in [6.45, 7) is 4.65. The number of amides is 1. The van der Waals surface area contributed by atoms with E-state index < -0.39 is 0 Å². The number of fused-ring (bicyclic) bond motifs is 1. The van der Waals surface area contributed by atoms with Gasteiger partial charge in [0, 0.05) is 36.3 Å². The van der Waals surface area contributed by atoms with E-state index in [1.807, 2.05) is 38.2 Å². The number of nitrogens with one attached hydrogen (secondary N) is 1. The Morgan fingerprint density at radius 3 is 2.89 bits per heavy atom. The Bertz CT molecular complexity index is 587. The van der Waals surface area contributed by atoms with Gasteiger partial charge in [-0.3, -0.25) is 9.78 Å². The summed E-state index contributed by atoms with van der Waals surface area (Å²) in [6.07, 6.45) is 3.97. The number of benzene rings is 1. The van der Waals surface area contributed by atoms with Crippen LogP contribution in [-0.2, 0) is 11.3 Å². The van der Waals surface area contributed by atoms with E-state index in [0.717, 1.165) is 5.39 Å². The van der Waals surface area contributed by atoms with Gasteiger partial charge in [-0.1, -0.05) is 18.2 Å². The fourth-order valence-corrected chi connectivity index (χ4v) is 2.18. The first-order valence-electron chi connectivity index (χ1n) is 6.33. The molecule has 0 radical (unpaired) electrons. The predicted octanol–water partition coefficient (Wildman–Crippen LogP) is 1.98. The fourth-order valence-electron chi connectivity index (χ4n) is 2.18. The lowest BCUT2D eigenvalue weighted by Gasteiger charge is -2.25. The van der Waals surface area contributed by atoms with Crippen molar-refractivity contribution in [1.29, 1.82) is 0 Å². The molecule has 0 aliphatic carbocycles. The highest BCUT2D eigenvalue weighted by molar-refractivity contribution is 5.84. The molecule has 0 fully saturated rings. The SMILES string of the molecule is CC(C)(CC(N)=O)NCc1cccc2cnccc12. The van der Waals surface area contributed by atoms with Crippen LogP contribution in [0.2, 0.25) is 0 Å². The maximum atomic E-state index is 11.0. The Balaban J connectivity index is 2.16. The second-order valence-corrected chi connectivity index (χ2v) is 5.39. The largest absolute Gasteiger partial charge is 0.370 e. The summed E-state index contributed by atoms with van der Waals surface area (Å²) in [5.74, 6) is -0.292. The molecular weight excluding hydrogens is 238 g/mol. The van der Waals surface area contributed by atoms with Gasteiger partial charge in [0.15, 0.2) is 0 Å². The molecule has 2 aromatic rings. The standard InChI is InChI=1S/C15H19N3O/c1-15(2,8-14(16)19)18-10-12-5-3-4-11-9-17-7-6-13(11)12/h3-7,9,18H,8,10H2,1-2H3,(H2,16,19). The zero-order valence-electron chi connectivity index (χ0n) is 11.3. The molecule has 100 valence electrons. The molecule has 0 aliphatic heterocycles. The van der Waals surface area contributed by atoms with E-state index in [1.54, 1.807) is 6.20 Å². The van der Waals surface area contributed by atoms with Crippen molar-refractivity contribution in [2.75, 3.05) is 0 Å². The van der Waals surface area contributed by atoms with E-state index in [-0.39, 0.29) is 11.4 Å². The van der Waals surface area contributed by atoms with Crippen molar-refractivity contribution in [3.05, 3.63) is 42.2 Å². The van der Waals surface area contributed by atoms with Crippen LogP contribution in [0.3, 0.4) is 0 Å². The number of carbonyl (C=O) groups is 1. The summed E-state index contributed by atoms with van der Waals surface area (Å²) in [4.78, 5) is 15.1. The molecule has 1 aromatic heterocycles. The Morgan fingerprint density at radius 1 is 1.37 bits per heavy atom. The minimum Gasteiger partial charge on any atom is -0.370 e. The first kappa shape index (κ1) is 13.5. The van der Waals surface area contributed by atoms with Crippen LogP contribution in [0, 0.1) is 0 Å². The van der Waals surface area contributed by atoms with Crippen molar-refractivity contribution >= 4 is 16.7 Å². The number of aromatic nitrogens is 1. The highest BCUT2D eigenvalue weighted by atomic mass is 16.1. The van der Waals surface area contributed by atoms with E-state index in [1.165, 1.54) is 10.9 Å². The van der Waals surface area contributed by atoms with Crippen LogP contribution in [0.15, 0.2) is 36.7 Å². The van der Waals surface area contributed by atoms with Gasteiger partial charge >= 0.3 is 0 Å². The molecule has 19 heavy (non-hydrogen) atoms. The van der Waals surface area contributed by atoms with Crippen LogP contribution < -0.4 is 11.1 Å². The number of carbonyl (C=O) groups excluding carboxylic acids is 1. The average molecular weight is 257 g/mol. The van der Waals surface area contributed by atoms with Crippen LogP contribution >= 0.6 is 0 Å². The average Bonchev–Trinajstić information content (AvgIpc) is 2.35. The van der Waals surface area contributed by atoms with E-state index in [0.29, 0.717) is 13.0 Å². The molecule has 0 bridgehead atoms. The number of hydrogen-bond donors (Lipinski definition) is 2. The molecule has 1 amide bonds. The van der Waals surface area contributed by atoms with Gasteiger partial charge < -0.3 is 11.1 Å². The highest BCUT2D eigenvalue weighted by Crippen LogP contribution is 2.18. The van der Waals surface area contributed by atoms with Crippen molar-refractivity contribution < 1.29 is 4.79 Å². The van der Waals surface area contributed by atoms with Gasteiger partial charge in [0.2, 0.25) is 5.91 Å². The third-order valence-corrected chi connectivity index (χ3v) is 3.14. The minimum atomic E-state index is -0.305. The van der Waals surface area contributed by atoms with Gasteiger partial charge in [-0.05, 0) is 30.9 Å². The van der Waals surface area contributed by atoms with Crippen LogP contribution in [0.1, 0.15) is 25.8 Å². The number of nitrogens with zero attached hydrogens (tertiary/aromatic N) is 1. The van der Waals surface area contributed by atoms with Gasteiger partial charge in [0.25, 0.3) is 0 Å². The topological polar surface area (TPSA) is 68.0 Å². The van der Waals surface area contributed by atoms with Gasteiger partial charge in [0.1, 0.15) is 0 Å². The predicted molar refractivity (Wildman–Crippen MR) is 76.5 cm³/mol. The van der Waals surface area contributed by atoms with E-state index in [9.17, 15) is 4.79 Å². The van der Waals surface area contributed by atoms with E-state index in [2.05, 4.69) is 16.4 Å². The number of primary amides is 1. The first-order valence-corrected chi connectivity index (χ1v) is 6.33. The zero-order chi connectivity index (χ0) is 13.9. The molecule has 4 nitrogen and oxygen atoms in total. The normalized spacial score (nSPS) is 11.7. The second kappa shape index (κ2) is 5.36. The molecule has 0 spiro atoms. The van der Waals surface area contributed by atoms with Gasteiger partial charge in [-0.25, -0.2) is 0 Å².